The molecule has 2 aromatic carbocycles. The van der Waals surface area contributed by atoms with Crippen molar-refractivity contribution in [2.75, 3.05) is 14.2 Å². The predicted octanol–water partition coefficient (Wildman–Crippen LogP) is 2.22. The molecule has 1 saturated heterocycles. The van der Waals surface area contributed by atoms with Gasteiger partial charge in [0.2, 0.25) is 5.91 Å². The van der Waals surface area contributed by atoms with Crippen LogP contribution < -0.4 is 20.1 Å². The van der Waals surface area contributed by atoms with Crippen LogP contribution in [0, 0.1) is 0 Å². The van der Waals surface area contributed by atoms with Gasteiger partial charge in [-0.15, -0.1) is 0 Å². The van der Waals surface area contributed by atoms with Gasteiger partial charge in [0.15, 0.2) is 11.5 Å². The van der Waals surface area contributed by atoms with Crippen LogP contribution in [0.5, 0.6) is 11.5 Å². The SMILES string of the molecule is COc1ccc(CN2C(=O)N[C@@H](CCC(=O)NCc3ccccc3)C2=O)cc1OC. The van der Waals surface area contributed by atoms with E-state index in [1.807, 2.05) is 30.3 Å². The molecule has 0 aliphatic carbocycles. The van der Waals surface area contributed by atoms with Gasteiger partial charge in [0.25, 0.3) is 5.91 Å². The molecule has 1 aliphatic heterocycles. The van der Waals surface area contributed by atoms with Crippen molar-refractivity contribution >= 4 is 17.8 Å². The summed E-state index contributed by atoms with van der Waals surface area (Å²) in [4.78, 5) is 38.2. The number of benzene rings is 2. The molecule has 0 radical (unpaired) electrons. The number of rotatable bonds is 9. The van der Waals surface area contributed by atoms with Crippen molar-refractivity contribution in [3.05, 3.63) is 59.7 Å². The highest BCUT2D eigenvalue weighted by Crippen LogP contribution is 2.28. The lowest BCUT2D eigenvalue weighted by Gasteiger charge is -2.15. The van der Waals surface area contributed by atoms with Gasteiger partial charge in [-0.1, -0.05) is 36.4 Å². The third-order valence-electron chi connectivity index (χ3n) is 4.89. The number of urea groups is 1. The third-order valence-corrected chi connectivity index (χ3v) is 4.89. The number of amides is 4. The van der Waals surface area contributed by atoms with Gasteiger partial charge < -0.3 is 20.1 Å². The number of carbonyl (C=O) groups excluding carboxylic acids is 3. The number of methoxy groups -OCH3 is 2. The van der Waals surface area contributed by atoms with Gasteiger partial charge in [-0.05, 0) is 29.7 Å². The standard InChI is InChI=1S/C22H25N3O5/c1-29-18-10-8-16(12-19(18)30-2)14-25-21(27)17(24-22(25)28)9-11-20(26)23-13-15-6-4-3-5-7-15/h3-8,10,12,17H,9,11,13-14H2,1-2H3,(H,23,26)(H,24,28)/t17-/m0/s1. The van der Waals surface area contributed by atoms with Crippen LogP contribution in [0.2, 0.25) is 0 Å². The molecule has 1 aliphatic rings. The summed E-state index contributed by atoms with van der Waals surface area (Å²) in [6.07, 6.45) is 0.390. The first kappa shape index (κ1) is 21.2. The first-order chi connectivity index (χ1) is 14.5. The Morgan fingerprint density at radius 1 is 1.03 bits per heavy atom. The Labute approximate surface area is 175 Å². The van der Waals surface area contributed by atoms with E-state index in [1.54, 1.807) is 18.2 Å². The number of hydrogen-bond donors (Lipinski definition) is 2. The van der Waals surface area contributed by atoms with Gasteiger partial charge in [0.1, 0.15) is 6.04 Å². The van der Waals surface area contributed by atoms with E-state index >= 15 is 0 Å². The molecule has 0 spiro atoms. The van der Waals surface area contributed by atoms with Crippen LogP contribution >= 0.6 is 0 Å². The molecule has 0 bridgehead atoms. The highest BCUT2D eigenvalue weighted by atomic mass is 16.5. The smallest absolute Gasteiger partial charge is 0.325 e. The summed E-state index contributed by atoms with van der Waals surface area (Å²) in [5.41, 5.74) is 1.73. The molecular formula is C22H25N3O5. The van der Waals surface area contributed by atoms with Gasteiger partial charge in [-0.2, -0.15) is 0 Å². The summed E-state index contributed by atoms with van der Waals surface area (Å²) >= 11 is 0. The lowest BCUT2D eigenvalue weighted by molar-refractivity contribution is -0.128. The van der Waals surface area contributed by atoms with Crippen LogP contribution in [0.4, 0.5) is 4.79 Å². The number of imide groups is 1. The molecule has 158 valence electrons. The van der Waals surface area contributed by atoms with E-state index in [2.05, 4.69) is 10.6 Å². The summed E-state index contributed by atoms with van der Waals surface area (Å²) in [6.45, 7) is 0.539. The number of carbonyl (C=O) groups is 3. The van der Waals surface area contributed by atoms with E-state index in [9.17, 15) is 14.4 Å². The fourth-order valence-electron chi connectivity index (χ4n) is 3.24. The van der Waals surface area contributed by atoms with E-state index in [0.29, 0.717) is 18.0 Å². The second-order valence-corrected chi connectivity index (χ2v) is 6.92. The fourth-order valence-corrected chi connectivity index (χ4v) is 3.24. The highest BCUT2D eigenvalue weighted by Gasteiger charge is 2.37. The maximum Gasteiger partial charge on any atom is 0.325 e. The largest absolute Gasteiger partial charge is 0.493 e. The molecule has 2 N–H and O–H groups in total. The van der Waals surface area contributed by atoms with Crippen LogP contribution in [0.3, 0.4) is 0 Å². The Kier molecular flexibility index (Phi) is 6.90. The van der Waals surface area contributed by atoms with Crippen molar-refractivity contribution in [3.8, 4) is 11.5 Å². The van der Waals surface area contributed by atoms with E-state index in [0.717, 1.165) is 16.0 Å². The average molecular weight is 411 g/mol. The Hall–Kier alpha value is -3.55. The minimum Gasteiger partial charge on any atom is -0.493 e. The monoisotopic (exact) mass is 411 g/mol. The van der Waals surface area contributed by atoms with Gasteiger partial charge >= 0.3 is 6.03 Å². The van der Waals surface area contributed by atoms with Gasteiger partial charge in [0.05, 0.1) is 20.8 Å². The summed E-state index contributed by atoms with van der Waals surface area (Å²) in [5.74, 6) is 0.580. The zero-order chi connectivity index (χ0) is 21.5. The van der Waals surface area contributed by atoms with Crippen molar-refractivity contribution in [2.24, 2.45) is 0 Å². The Morgan fingerprint density at radius 3 is 2.47 bits per heavy atom. The number of ether oxygens (including phenoxy) is 2. The minimum atomic E-state index is -0.708. The molecule has 1 fully saturated rings. The molecule has 30 heavy (non-hydrogen) atoms. The molecule has 1 heterocycles. The van der Waals surface area contributed by atoms with Crippen LogP contribution in [0.15, 0.2) is 48.5 Å². The van der Waals surface area contributed by atoms with Crippen molar-refractivity contribution in [1.29, 1.82) is 0 Å². The number of nitrogens with zero attached hydrogens (tertiary/aromatic N) is 1. The van der Waals surface area contributed by atoms with E-state index in [1.165, 1.54) is 14.2 Å². The molecule has 3 rings (SSSR count). The topological polar surface area (TPSA) is 97.0 Å². The molecule has 8 nitrogen and oxygen atoms in total. The molecule has 0 aromatic heterocycles. The minimum absolute atomic E-state index is 0.113. The van der Waals surface area contributed by atoms with Crippen LogP contribution in [0.1, 0.15) is 24.0 Å². The predicted molar refractivity (Wildman–Crippen MR) is 110 cm³/mol. The molecule has 4 amide bonds. The van der Waals surface area contributed by atoms with Gasteiger partial charge in [-0.3, -0.25) is 14.5 Å². The lowest BCUT2D eigenvalue weighted by atomic mass is 10.1. The van der Waals surface area contributed by atoms with Crippen molar-refractivity contribution in [1.82, 2.24) is 15.5 Å². The third kappa shape index (κ3) is 5.08. The molecule has 1 atom stereocenters. The maximum absolute atomic E-state index is 12.6. The fraction of sp³-hybridized carbons (Fsp3) is 0.318. The second-order valence-electron chi connectivity index (χ2n) is 6.92. The van der Waals surface area contributed by atoms with E-state index in [-0.39, 0.29) is 31.2 Å². The first-order valence-corrected chi connectivity index (χ1v) is 9.65. The molecule has 2 aromatic rings. The van der Waals surface area contributed by atoms with Crippen LogP contribution in [0.25, 0.3) is 0 Å². The van der Waals surface area contributed by atoms with Crippen LogP contribution in [-0.2, 0) is 22.7 Å². The first-order valence-electron chi connectivity index (χ1n) is 9.65. The Balaban J connectivity index is 1.52. The second kappa shape index (κ2) is 9.78. The van der Waals surface area contributed by atoms with E-state index in [4.69, 9.17) is 9.47 Å². The van der Waals surface area contributed by atoms with Crippen molar-refractivity contribution in [2.45, 2.75) is 32.0 Å². The quantitative estimate of drug-likeness (QED) is 0.617. The normalized spacial score (nSPS) is 15.7. The maximum atomic E-state index is 12.6. The molecule has 0 saturated carbocycles. The summed E-state index contributed by atoms with van der Waals surface area (Å²) in [6, 6.07) is 13.6. The molecular weight excluding hydrogens is 386 g/mol. The lowest BCUT2D eigenvalue weighted by Crippen LogP contribution is -2.32. The number of nitrogens with one attached hydrogen (secondary N) is 2. The molecule has 0 unspecified atom stereocenters. The number of hydrogen-bond acceptors (Lipinski definition) is 5. The molecule has 8 heteroatoms. The Morgan fingerprint density at radius 2 is 1.77 bits per heavy atom. The zero-order valence-electron chi connectivity index (χ0n) is 17.0. The summed E-state index contributed by atoms with van der Waals surface area (Å²) in [5, 5.41) is 5.48. The zero-order valence-corrected chi connectivity index (χ0v) is 17.0. The summed E-state index contributed by atoms with van der Waals surface area (Å²) in [7, 11) is 3.06. The van der Waals surface area contributed by atoms with Crippen LogP contribution in [-0.4, -0.2) is 43.0 Å². The van der Waals surface area contributed by atoms with E-state index < -0.39 is 12.1 Å². The highest BCUT2D eigenvalue weighted by molar-refractivity contribution is 6.04. The van der Waals surface area contributed by atoms with Crippen molar-refractivity contribution in [3.63, 3.8) is 0 Å². The van der Waals surface area contributed by atoms with Gasteiger partial charge in [-0.25, -0.2) is 4.79 Å². The summed E-state index contributed by atoms with van der Waals surface area (Å²) < 4.78 is 10.5. The Bertz CT molecular complexity index is 916. The van der Waals surface area contributed by atoms with Crippen molar-refractivity contribution < 1.29 is 23.9 Å². The average Bonchev–Trinajstić information content (AvgIpc) is 3.04. The van der Waals surface area contributed by atoms with Gasteiger partial charge in [0, 0.05) is 13.0 Å².